The zero-order chi connectivity index (χ0) is 16.0. The molecule has 0 saturated carbocycles. The van der Waals surface area contributed by atoms with E-state index in [0.717, 1.165) is 0 Å². The van der Waals surface area contributed by atoms with Gasteiger partial charge in [0.15, 0.2) is 0 Å². The zero-order valence-corrected chi connectivity index (χ0v) is 12.9. The Labute approximate surface area is 124 Å². The Balaban J connectivity index is 2.67. The molecule has 2 amide bonds. The first-order chi connectivity index (χ1) is 9.85. The van der Waals surface area contributed by atoms with Gasteiger partial charge in [-0.1, -0.05) is 13.8 Å². The second-order valence-corrected chi connectivity index (χ2v) is 5.74. The number of rotatable bonds is 8. The molecule has 120 valence electrons. The summed E-state index contributed by atoms with van der Waals surface area (Å²) in [5.74, 6) is -1.64. The molecule has 0 aliphatic carbocycles. The molecule has 0 aromatic rings. The van der Waals surface area contributed by atoms with E-state index in [0.29, 0.717) is 26.2 Å². The fourth-order valence-electron chi connectivity index (χ4n) is 2.45. The quantitative estimate of drug-likeness (QED) is 0.684. The van der Waals surface area contributed by atoms with E-state index in [1.807, 2.05) is 13.8 Å². The molecule has 1 aliphatic rings. The van der Waals surface area contributed by atoms with E-state index in [1.165, 1.54) is 4.90 Å². The number of carbonyl (C=O) groups is 3. The number of ether oxygens (including phenoxy) is 1. The van der Waals surface area contributed by atoms with Gasteiger partial charge in [0.2, 0.25) is 11.8 Å². The minimum absolute atomic E-state index is 0.0785. The second kappa shape index (κ2) is 7.97. The van der Waals surface area contributed by atoms with E-state index < -0.39 is 11.9 Å². The number of nitrogens with zero attached hydrogens (tertiary/aromatic N) is 2. The van der Waals surface area contributed by atoms with Crippen LogP contribution in [0.2, 0.25) is 0 Å². The molecule has 7 heteroatoms. The van der Waals surface area contributed by atoms with Crippen LogP contribution < -0.4 is 0 Å². The molecule has 0 spiro atoms. The average Bonchev–Trinajstić information content (AvgIpc) is 2.75. The van der Waals surface area contributed by atoms with Crippen LogP contribution in [0.15, 0.2) is 0 Å². The number of aliphatic carboxylic acids is 1. The SMILES string of the molecule is COCCN1CC(C(=O)N(CC(=O)O)CC(C)C)CC1=O. The Morgan fingerprint density at radius 2 is 2.14 bits per heavy atom. The molecule has 1 fully saturated rings. The highest BCUT2D eigenvalue weighted by Crippen LogP contribution is 2.20. The molecule has 0 radical (unpaired) electrons. The Bertz CT molecular complexity index is 397. The molecule has 1 heterocycles. The molecule has 0 aromatic carbocycles. The van der Waals surface area contributed by atoms with Crippen molar-refractivity contribution in [3.05, 3.63) is 0 Å². The number of carboxylic acids is 1. The van der Waals surface area contributed by atoms with Crippen LogP contribution in [-0.2, 0) is 19.1 Å². The number of carbonyl (C=O) groups excluding carboxylic acids is 2. The van der Waals surface area contributed by atoms with Crippen LogP contribution >= 0.6 is 0 Å². The Morgan fingerprint density at radius 3 is 2.67 bits per heavy atom. The van der Waals surface area contributed by atoms with E-state index in [-0.39, 0.29) is 30.7 Å². The summed E-state index contributed by atoms with van der Waals surface area (Å²) in [4.78, 5) is 38.1. The predicted molar refractivity (Wildman–Crippen MR) is 75.6 cm³/mol. The van der Waals surface area contributed by atoms with Crippen molar-refractivity contribution in [2.75, 3.05) is 39.9 Å². The number of hydrogen-bond acceptors (Lipinski definition) is 4. The summed E-state index contributed by atoms with van der Waals surface area (Å²) in [7, 11) is 1.56. The van der Waals surface area contributed by atoms with Gasteiger partial charge in [-0.2, -0.15) is 0 Å². The molecule has 0 aromatic heterocycles. The lowest BCUT2D eigenvalue weighted by molar-refractivity contribution is -0.146. The Morgan fingerprint density at radius 1 is 1.48 bits per heavy atom. The summed E-state index contributed by atoms with van der Waals surface area (Å²) in [6.07, 6.45) is 0.150. The zero-order valence-electron chi connectivity index (χ0n) is 12.9. The van der Waals surface area contributed by atoms with E-state index >= 15 is 0 Å². The standard InChI is InChI=1S/C14H24N2O5/c1-10(2)7-16(9-13(18)19)14(20)11-6-12(17)15(8-11)4-5-21-3/h10-11H,4-9H2,1-3H3,(H,18,19). The fraction of sp³-hybridized carbons (Fsp3) is 0.786. The molecule has 1 saturated heterocycles. The van der Waals surface area contributed by atoms with E-state index in [9.17, 15) is 14.4 Å². The van der Waals surface area contributed by atoms with Crippen molar-refractivity contribution >= 4 is 17.8 Å². The van der Waals surface area contributed by atoms with Gasteiger partial charge in [-0.3, -0.25) is 14.4 Å². The molecule has 1 aliphatic heterocycles. The maximum atomic E-state index is 12.4. The maximum Gasteiger partial charge on any atom is 0.323 e. The normalized spacial score (nSPS) is 18.4. The van der Waals surface area contributed by atoms with Crippen LogP contribution in [0.5, 0.6) is 0 Å². The molecule has 1 unspecified atom stereocenters. The summed E-state index contributed by atoms with van der Waals surface area (Å²) in [5, 5.41) is 8.92. The van der Waals surface area contributed by atoms with E-state index in [1.54, 1.807) is 12.0 Å². The summed E-state index contributed by atoms with van der Waals surface area (Å²) in [6.45, 7) is 5.14. The van der Waals surface area contributed by atoms with Gasteiger partial charge in [0.05, 0.1) is 12.5 Å². The largest absolute Gasteiger partial charge is 0.480 e. The molecular weight excluding hydrogens is 276 g/mol. The Kier molecular flexibility index (Phi) is 6.61. The van der Waals surface area contributed by atoms with Crippen molar-refractivity contribution in [1.82, 2.24) is 9.80 Å². The van der Waals surface area contributed by atoms with Gasteiger partial charge in [-0.15, -0.1) is 0 Å². The summed E-state index contributed by atoms with van der Waals surface area (Å²) in [6, 6.07) is 0. The lowest BCUT2D eigenvalue weighted by Gasteiger charge is -2.25. The number of likely N-dealkylation sites (tertiary alicyclic amines) is 1. The third kappa shape index (κ3) is 5.34. The predicted octanol–water partition coefficient (Wildman–Crippen LogP) is 0.0505. The monoisotopic (exact) mass is 300 g/mol. The van der Waals surface area contributed by atoms with Crippen molar-refractivity contribution in [1.29, 1.82) is 0 Å². The van der Waals surface area contributed by atoms with Crippen LogP contribution in [0.3, 0.4) is 0 Å². The van der Waals surface area contributed by atoms with Crippen molar-refractivity contribution in [2.45, 2.75) is 20.3 Å². The van der Waals surface area contributed by atoms with Gasteiger partial charge in [0.25, 0.3) is 0 Å². The molecule has 1 atom stereocenters. The van der Waals surface area contributed by atoms with Gasteiger partial charge in [0.1, 0.15) is 6.54 Å². The van der Waals surface area contributed by atoms with Crippen LogP contribution in [0, 0.1) is 11.8 Å². The number of amides is 2. The minimum atomic E-state index is -1.04. The summed E-state index contributed by atoms with van der Waals surface area (Å²) >= 11 is 0. The first-order valence-electron chi connectivity index (χ1n) is 7.12. The van der Waals surface area contributed by atoms with Gasteiger partial charge >= 0.3 is 5.97 Å². The summed E-state index contributed by atoms with van der Waals surface area (Å²) in [5.41, 5.74) is 0. The average molecular weight is 300 g/mol. The van der Waals surface area contributed by atoms with Crippen molar-refractivity contribution < 1.29 is 24.2 Å². The van der Waals surface area contributed by atoms with E-state index in [4.69, 9.17) is 9.84 Å². The highest BCUT2D eigenvalue weighted by Gasteiger charge is 2.36. The van der Waals surface area contributed by atoms with Gasteiger partial charge in [0, 0.05) is 33.2 Å². The lowest BCUT2D eigenvalue weighted by atomic mass is 10.1. The Hall–Kier alpha value is -1.63. The van der Waals surface area contributed by atoms with Crippen molar-refractivity contribution in [3.8, 4) is 0 Å². The van der Waals surface area contributed by atoms with Crippen molar-refractivity contribution in [2.24, 2.45) is 11.8 Å². The second-order valence-electron chi connectivity index (χ2n) is 5.74. The topological polar surface area (TPSA) is 87.2 Å². The summed E-state index contributed by atoms with van der Waals surface area (Å²) < 4.78 is 4.93. The third-order valence-corrected chi connectivity index (χ3v) is 3.35. The van der Waals surface area contributed by atoms with Crippen LogP contribution in [0.4, 0.5) is 0 Å². The van der Waals surface area contributed by atoms with Crippen LogP contribution in [-0.4, -0.2) is 72.6 Å². The number of carboxylic acid groups (broad SMARTS) is 1. The maximum absolute atomic E-state index is 12.4. The first-order valence-corrected chi connectivity index (χ1v) is 7.12. The third-order valence-electron chi connectivity index (χ3n) is 3.35. The number of methoxy groups -OCH3 is 1. The highest BCUT2D eigenvalue weighted by atomic mass is 16.5. The lowest BCUT2D eigenvalue weighted by Crippen LogP contribution is -2.42. The molecule has 7 nitrogen and oxygen atoms in total. The number of hydrogen-bond donors (Lipinski definition) is 1. The van der Waals surface area contributed by atoms with Gasteiger partial charge in [-0.05, 0) is 5.92 Å². The highest BCUT2D eigenvalue weighted by molar-refractivity contribution is 5.90. The van der Waals surface area contributed by atoms with Crippen LogP contribution in [0.1, 0.15) is 20.3 Å². The van der Waals surface area contributed by atoms with Gasteiger partial charge in [-0.25, -0.2) is 0 Å². The molecule has 1 rings (SSSR count). The molecular formula is C14H24N2O5. The fourth-order valence-corrected chi connectivity index (χ4v) is 2.45. The van der Waals surface area contributed by atoms with Gasteiger partial charge < -0.3 is 19.6 Å². The van der Waals surface area contributed by atoms with Crippen molar-refractivity contribution in [3.63, 3.8) is 0 Å². The molecule has 21 heavy (non-hydrogen) atoms. The molecule has 0 bridgehead atoms. The molecule has 1 N–H and O–H groups in total. The smallest absolute Gasteiger partial charge is 0.323 e. The van der Waals surface area contributed by atoms with E-state index in [2.05, 4.69) is 0 Å². The van der Waals surface area contributed by atoms with Crippen LogP contribution in [0.25, 0.3) is 0 Å². The minimum Gasteiger partial charge on any atom is -0.480 e. The first kappa shape index (κ1) is 17.4.